The molecule has 6 aromatic rings. The van der Waals surface area contributed by atoms with E-state index >= 15 is 0 Å². The van der Waals surface area contributed by atoms with Gasteiger partial charge in [-0.05, 0) is 30.3 Å². The zero-order valence-corrected chi connectivity index (χ0v) is 23.2. The molecule has 0 amide bonds. The van der Waals surface area contributed by atoms with E-state index < -0.39 is 14.9 Å². The normalized spacial score (nSPS) is 11.6. The molecule has 0 unspecified atom stereocenters. The molecular weight excluding hydrogens is 536 g/mol. The van der Waals surface area contributed by atoms with E-state index in [4.69, 9.17) is 0 Å². The fraction of sp³-hybridized carbons (Fsp3) is 0.0625. The first-order valence-corrected chi connectivity index (χ1v) is 14.4. The van der Waals surface area contributed by atoms with Crippen LogP contribution in [0.15, 0.2) is 120 Å². The molecule has 0 radical (unpaired) electrons. The molecule has 1 heterocycles. The van der Waals surface area contributed by atoms with Crippen molar-refractivity contribution in [3.05, 3.63) is 125 Å². The molecule has 8 nitrogen and oxygen atoms in total. The van der Waals surface area contributed by atoms with Crippen LogP contribution in [-0.4, -0.2) is 32.4 Å². The van der Waals surface area contributed by atoms with E-state index in [2.05, 4.69) is 4.98 Å². The van der Waals surface area contributed by atoms with Crippen molar-refractivity contribution in [1.29, 1.82) is 0 Å². The second kappa shape index (κ2) is 10.1. The van der Waals surface area contributed by atoms with Gasteiger partial charge in [-0.1, -0.05) is 72.8 Å². The highest BCUT2D eigenvalue weighted by Crippen LogP contribution is 2.47. The highest BCUT2D eigenvalue weighted by atomic mass is 32.2. The zero-order valence-electron chi connectivity index (χ0n) is 22.4. The number of aromatic nitrogens is 1. The molecule has 0 fully saturated rings. The van der Waals surface area contributed by atoms with E-state index in [1.807, 2.05) is 110 Å². The predicted octanol–water partition coefficient (Wildman–Crippen LogP) is 7.49. The van der Waals surface area contributed by atoms with Crippen molar-refractivity contribution < 1.29 is 13.3 Å². The third kappa shape index (κ3) is 4.46. The van der Waals surface area contributed by atoms with E-state index in [9.17, 15) is 18.5 Å². The summed E-state index contributed by atoms with van der Waals surface area (Å²) in [6.45, 7) is 0. The van der Waals surface area contributed by atoms with E-state index in [1.165, 1.54) is 28.6 Å². The smallest absolute Gasteiger partial charge is 0.269 e. The molecule has 0 aliphatic rings. The number of para-hydroxylation sites is 1. The molecule has 0 saturated heterocycles. The van der Waals surface area contributed by atoms with Gasteiger partial charge in [0, 0.05) is 59.2 Å². The van der Waals surface area contributed by atoms with Crippen LogP contribution in [0.5, 0.6) is 0 Å². The van der Waals surface area contributed by atoms with Crippen molar-refractivity contribution in [2.45, 2.75) is 4.90 Å². The Hall–Kier alpha value is -5.15. The summed E-state index contributed by atoms with van der Waals surface area (Å²) in [4.78, 5) is 16.2. The second-order valence-corrected chi connectivity index (χ2v) is 11.6. The highest BCUT2D eigenvalue weighted by molar-refractivity contribution is 7.93. The first kappa shape index (κ1) is 26.1. The Kier molecular flexibility index (Phi) is 6.43. The van der Waals surface area contributed by atoms with Gasteiger partial charge >= 0.3 is 0 Å². The molecule has 0 saturated carbocycles. The summed E-state index contributed by atoms with van der Waals surface area (Å²) in [5.41, 5.74) is 3.92. The first-order chi connectivity index (χ1) is 19.8. The van der Waals surface area contributed by atoms with Gasteiger partial charge in [-0.15, -0.1) is 0 Å². The summed E-state index contributed by atoms with van der Waals surface area (Å²) in [5.74, 6) is 0. The number of nitrogens with zero attached hydrogens (tertiary/aromatic N) is 3. The number of non-ortho nitro benzene ring substituents is 1. The van der Waals surface area contributed by atoms with Gasteiger partial charge in [-0.25, -0.2) is 12.7 Å². The minimum atomic E-state index is -4.29. The Balaban J connectivity index is 1.72. The molecule has 0 bridgehead atoms. The average Bonchev–Trinajstić information content (AvgIpc) is 3.36. The van der Waals surface area contributed by atoms with Gasteiger partial charge in [0.25, 0.3) is 15.7 Å². The molecule has 5 aromatic carbocycles. The molecule has 0 spiro atoms. The third-order valence-electron chi connectivity index (χ3n) is 7.11. The fourth-order valence-electron chi connectivity index (χ4n) is 5.20. The Morgan fingerprint density at radius 2 is 1.24 bits per heavy atom. The molecule has 0 aliphatic carbocycles. The summed E-state index contributed by atoms with van der Waals surface area (Å²) in [5, 5.41) is 13.7. The lowest BCUT2D eigenvalue weighted by Crippen LogP contribution is -2.27. The van der Waals surface area contributed by atoms with Crippen LogP contribution in [0.1, 0.15) is 0 Å². The minimum Gasteiger partial charge on any atom is -0.377 e. The summed E-state index contributed by atoms with van der Waals surface area (Å²) in [6.07, 6.45) is 0. The number of rotatable bonds is 7. The predicted molar refractivity (Wildman–Crippen MR) is 164 cm³/mol. The molecule has 41 heavy (non-hydrogen) atoms. The van der Waals surface area contributed by atoms with Crippen LogP contribution in [0.3, 0.4) is 0 Å². The van der Waals surface area contributed by atoms with Crippen molar-refractivity contribution in [2.24, 2.45) is 0 Å². The number of nitrogens with one attached hydrogen (secondary N) is 1. The SMILES string of the molecule is CN(C)c1ccc(N(c2c(-c3ccccc3)[nH]c3ccccc23)S(=O)(=O)c2ccc([N+](=O)[O-])cc2)c2ccccc12. The van der Waals surface area contributed by atoms with Crippen molar-refractivity contribution in [2.75, 3.05) is 23.3 Å². The number of hydrogen-bond acceptors (Lipinski definition) is 5. The number of nitro groups is 1. The summed E-state index contributed by atoms with van der Waals surface area (Å²) < 4.78 is 30.8. The maximum atomic E-state index is 14.7. The van der Waals surface area contributed by atoms with E-state index in [0.29, 0.717) is 17.1 Å². The average molecular weight is 563 g/mol. The van der Waals surface area contributed by atoms with Gasteiger partial charge in [0.15, 0.2) is 0 Å². The van der Waals surface area contributed by atoms with Crippen LogP contribution in [0, 0.1) is 10.1 Å². The van der Waals surface area contributed by atoms with Crippen molar-refractivity contribution in [1.82, 2.24) is 4.98 Å². The van der Waals surface area contributed by atoms with Crippen molar-refractivity contribution in [3.8, 4) is 11.3 Å². The lowest BCUT2D eigenvalue weighted by molar-refractivity contribution is -0.384. The lowest BCUT2D eigenvalue weighted by atomic mass is 10.0. The van der Waals surface area contributed by atoms with Crippen LogP contribution < -0.4 is 9.21 Å². The summed E-state index contributed by atoms with van der Waals surface area (Å²) >= 11 is 0. The van der Waals surface area contributed by atoms with Gasteiger partial charge in [-0.3, -0.25) is 10.1 Å². The molecular formula is C32H26N4O4S. The Morgan fingerprint density at radius 3 is 1.88 bits per heavy atom. The Bertz CT molecular complexity index is 2020. The summed E-state index contributed by atoms with van der Waals surface area (Å²) in [7, 11) is -0.400. The molecule has 1 aromatic heterocycles. The maximum Gasteiger partial charge on any atom is 0.269 e. The largest absolute Gasteiger partial charge is 0.377 e. The van der Waals surface area contributed by atoms with Crippen LogP contribution >= 0.6 is 0 Å². The molecule has 0 atom stereocenters. The highest BCUT2D eigenvalue weighted by Gasteiger charge is 2.33. The Morgan fingerprint density at radius 1 is 0.683 bits per heavy atom. The van der Waals surface area contributed by atoms with Gasteiger partial charge in [0.05, 0.1) is 26.9 Å². The number of hydrogen-bond donors (Lipinski definition) is 1. The van der Waals surface area contributed by atoms with Crippen LogP contribution in [-0.2, 0) is 10.0 Å². The maximum absolute atomic E-state index is 14.7. The van der Waals surface area contributed by atoms with Crippen molar-refractivity contribution in [3.63, 3.8) is 0 Å². The van der Waals surface area contributed by atoms with Crippen LogP contribution in [0.25, 0.3) is 32.9 Å². The molecule has 6 rings (SSSR count). The van der Waals surface area contributed by atoms with Gasteiger partial charge < -0.3 is 9.88 Å². The summed E-state index contributed by atoms with van der Waals surface area (Å²) in [6, 6.07) is 33.6. The molecule has 204 valence electrons. The van der Waals surface area contributed by atoms with Crippen LogP contribution in [0.2, 0.25) is 0 Å². The van der Waals surface area contributed by atoms with Gasteiger partial charge in [-0.2, -0.15) is 0 Å². The number of aromatic amines is 1. The molecule has 1 N–H and O–H groups in total. The van der Waals surface area contributed by atoms with Crippen molar-refractivity contribution >= 4 is 54.4 Å². The number of anilines is 3. The van der Waals surface area contributed by atoms with Gasteiger partial charge in [0.2, 0.25) is 0 Å². The first-order valence-electron chi connectivity index (χ1n) is 12.9. The van der Waals surface area contributed by atoms with E-state index in [-0.39, 0.29) is 10.6 Å². The standard InChI is InChI=1S/C32H26N4O4S/c1-34(2)29-20-21-30(26-13-7-6-12-25(26)29)35(41(39,40)24-18-16-23(17-19-24)36(37)38)32-27-14-8-9-15-28(27)33-31(32)22-10-4-3-5-11-22/h3-21,33H,1-2H3. The quantitative estimate of drug-likeness (QED) is 0.161. The minimum absolute atomic E-state index is 0.0619. The zero-order chi connectivity index (χ0) is 28.7. The molecule has 9 heteroatoms. The second-order valence-electron chi connectivity index (χ2n) is 9.82. The van der Waals surface area contributed by atoms with Gasteiger partial charge in [0.1, 0.15) is 0 Å². The number of nitro benzene ring substituents is 1. The van der Waals surface area contributed by atoms with E-state index in [0.717, 1.165) is 32.9 Å². The number of H-pyrrole nitrogens is 1. The fourth-order valence-corrected chi connectivity index (χ4v) is 6.74. The Labute approximate surface area is 237 Å². The number of benzene rings is 5. The van der Waals surface area contributed by atoms with Crippen LogP contribution in [0.4, 0.5) is 22.7 Å². The number of sulfonamides is 1. The lowest BCUT2D eigenvalue weighted by Gasteiger charge is -2.28. The third-order valence-corrected chi connectivity index (χ3v) is 8.84. The molecule has 0 aliphatic heterocycles. The number of fused-ring (bicyclic) bond motifs is 2. The monoisotopic (exact) mass is 562 g/mol. The topological polar surface area (TPSA) is 99.6 Å². The van der Waals surface area contributed by atoms with E-state index in [1.54, 1.807) is 0 Å².